The van der Waals surface area contributed by atoms with Crippen molar-refractivity contribution in [3.05, 3.63) is 75.9 Å². The number of allylic oxidation sites excluding steroid dienone is 1. The summed E-state index contributed by atoms with van der Waals surface area (Å²) in [5.41, 5.74) is 2.69. The van der Waals surface area contributed by atoms with Crippen molar-refractivity contribution in [3.63, 3.8) is 0 Å². The first-order valence-corrected chi connectivity index (χ1v) is 10.2. The van der Waals surface area contributed by atoms with Crippen molar-refractivity contribution in [2.45, 2.75) is 26.3 Å². The maximum atomic E-state index is 13.2. The molecule has 0 saturated carbocycles. The molecule has 0 aromatic heterocycles. The van der Waals surface area contributed by atoms with E-state index in [-0.39, 0.29) is 23.4 Å². The molecule has 176 valence electrons. The molecule has 1 heterocycles. The normalized spacial score (nSPS) is 15.5. The number of amides is 4. The van der Waals surface area contributed by atoms with Crippen molar-refractivity contribution in [2.24, 2.45) is 0 Å². The number of rotatable bonds is 6. The summed E-state index contributed by atoms with van der Waals surface area (Å²) in [6.45, 7) is 3.15. The largest absolute Gasteiger partial charge is 0.497 e. The Balaban J connectivity index is 1.94. The van der Waals surface area contributed by atoms with Crippen molar-refractivity contribution >= 4 is 35.0 Å². The van der Waals surface area contributed by atoms with E-state index in [1.165, 1.54) is 31.4 Å². The van der Waals surface area contributed by atoms with E-state index in [0.717, 1.165) is 22.1 Å². The van der Waals surface area contributed by atoms with Gasteiger partial charge in [0.2, 0.25) is 5.91 Å². The Morgan fingerprint density at radius 1 is 1.24 bits per heavy atom. The van der Waals surface area contributed by atoms with Gasteiger partial charge >= 0.3 is 0 Å². The van der Waals surface area contributed by atoms with Crippen LogP contribution in [0, 0.1) is 17.0 Å². The predicted molar refractivity (Wildman–Crippen MR) is 121 cm³/mol. The van der Waals surface area contributed by atoms with Crippen LogP contribution in [0.2, 0.25) is 0 Å². The van der Waals surface area contributed by atoms with Gasteiger partial charge in [-0.2, -0.15) is 0 Å². The zero-order chi connectivity index (χ0) is 25.0. The summed E-state index contributed by atoms with van der Waals surface area (Å²) in [4.78, 5) is 63.0. The lowest BCUT2D eigenvalue weighted by molar-refractivity contribution is -0.384. The monoisotopic (exact) mass is 466 g/mol. The Morgan fingerprint density at radius 2 is 1.97 bits per heavy atom. The second-order valence-corrected chi connectivity index (χ2v) is 7.39. The fraction of sp³-hybridized carbons (Fsp3) is 0.217. The van der Waals surface area contributed by atoms with E-state index >= 15 is 0 Å². The van der Waals surface area contributed by atoms with Crippen LogP contribution in [0.1, 0.15) is 29.3 Å². The molecule has 1 saturated heterocycles. The van der Waals surface area contributed by atoms with Gasteiger partial charge in [0.15, 0.2) is 0 Å². The highest BCUT2D eigenvalue weighted by molar-refractivity contribution is 6.23. The van der Waals surface area contributed by atoms with Gasteiger partial charge in [-0.05, 0) is 31.5 Å². The van der Waals surface area contributed by atoms with Gasteiger partial charge in [-0.25, -0.2) is 9.91 Å². The minimum atomic E-state index is -1.31. The third-order valence-electron chi connectivity index (χ3n) is 5.19. The van der Waals surface area contributed by atoms with Gasteiger partial charge in [-0.15, -0.1) is 0 Å². The number of carbonyl (C=O) groups excluding carboxylic acids is 4. The minimum absolute atomic E-state index is 0.0473. The highest BCUT2D eigenvalue weighted by atomic mass is 16.6. The molecule has 1 aliphatic rings. The Bertz CT molecular complexity index is 1210. The van der Waals surface area contributed by atoms with Crippen LogP contribution < -0.4 is 15.1 Å². The standard InChI is InChI=1S/C23H22N4O7/c1-4-6-20(28)26(24-22(30)18-12-16(27(32)33)10-9-14(18)2)19-13-21(29)25(23(19)31)15-7-5-8-17(11-15)34-3/h4-12,19H,13H2,1-3H3,(H,24,30). The Morgan fingerprint density at radius 3 is 2.62 bits per heavy atom. The number of nitrogens with zero attached hydrogens (tertiary/aromatic N) is 3. The first kappa shape index (κ1) is 24.1. The van der Waals surface area contributed by atoms with Crippen LogP contribution in [0.3, 0.4) is 0 Å². The van der Waals surface area contributed by atoms with Gasteiger partial charge in [0.1, 0.15) is 11.8 Å². The summed E-state index contributed by atoms with van der Waals surface area (Å²) in [6.07, 6.45) is 2.18. The van der Waals surface area contributed by atoms with Crippen LogP contribution in [0.5, 0.6) is 5.75 Å². The summed E-state index contributed by atoms with van der Waals surface area (Å²) in [6, 6.07) is 8.72. The third-order valence-corrected chi connectivity index (χ3v) is 5.19. The second kappa shape index (κ2) is 9.94. The molecule has 3 rings (SSSR count). The Kier molecular flexibility index (Phi) is 7.05. The second-order valence-electron chi connectivity index (χ2n) is 7.39. The maximum Gasteiger partial charge on any atom is 0.270 e. The molecule has 34 heavy (non-hydrogen) atoms. The molecule has 1 unspecified atom stereocenters. The van der Waals surface area contributed by atoms with Crippen LogP contribution >= 0.6 is 0 Å². The molecule has 4 amide bonds. The summed E-state index contributed by atoms with van der Waals surface area (Å²) >= 11 is 0. The molecule has 0 bridgehead atoms. The fourth-order valence-electron chi connectivity index (χ4n) is 3.49. The van der Waals surface area contributed by atoms with E-state index in [9.17, 15) is 29.3 Å². The molecule has 1 N–H and O–H groups in total. The molecular formula is C23H22N4O7. The van der Waals surface area contributed by atoms with Gasteiger partial charge in [0.25, 0.3) is 23.4 Å². The lowest BCUT2D eigenvalue weighted by atomic mass is 10.1. The molecular weight excluding hydrogens is 444 g/mol. The topological polar surface area (TPSA) is 139 Å². The number of nitrogens with one attached hydrogen (secondary N) is 1. The number of imide groups is 1. The number of nitro groups is 1. The van der Waals surface area contributed by atoms with Crippen LogP contribution in [0.25, 0.3) is 0 Å². The van der Waals surface area contributed by atoms with Crippen molar-refractivity contribution in [2.75, 3.05) is 12.0 Å². The van der Waals surface area contributed by atoms with Gasteiger partial charge in [0.05, 0.1) is 29.7 Å². The summed E-state index contributed by atoms with van der Waals surface area (Å²) in [5.74, 6) is -2.43. The summed E-state index contributed by atoms with van der Waals surface area (Å²) in [7, 11) is 1.44. The molecule has 1 aliphatic heterocycles. The number of hydrazine groups is 1. The lowest BCUT2D eigenvalue weighted by Gasteiger charge is -2.27. The van der Waals surface area contributed by atoms with E-state index < -0.39 is 34.6 Å². The number of aryl methyl sites for hydroxylation is 1. The van der Waals surface area contributed by atoms with Crippen LogP contribution in [-0.2, 0) is 14.4 Å². The zero-order valence-corrected chi connectivity index (χ0v) is 18.7. The van der Waals surface area contributed by atoms with Crippen molar-refractivity contribution in [1.29, 1.82) is 0 Å². The molecule has 0 aliphatic carbocycles. The van der Waals surface area contributed by atoms with E-state index in [1.807, 2.05) is 0 Å². The molecule has 1 fully saturated rings. The van der Waals surface area contributed by atoms with E-state index in [1.54, 1.807) is 32.0 Å². The Hall–Kier alpha value is -4.54. The number of methoxy groups -OCH3 is 1. The van der Waals surface area contributed by atoms with Crippen molar-refractivity contribution in [3.8, 4) is 5.75 Å². The highest BCUT2D eigenvalue weighted by Gasteiger charge is 2.45. The number of ether oxygens (including phenoxy) is 1. The van der Waals surface area contributed by atoms with Crippen molar-refractivity contribution in [1.82, 2.24) is 10.4 Å². The van der Waals surface area contributed by atoms with Crippen LogP contribution in [-0.4, -0.2) is 46.7 Å². The van der Waals surface area contributed by atoms with Gasteiger partial charge in [-0.3, -0.25) is 34.7 Å². The van der Waals surface area contributed by atoms with Crippen LogP contribution in [0.15, 0.2) is 54.6 Å². The number of hydrogen-bond donors (Lipinski definition) is 1. The molecule has 11 nitrogen and oxygen atoms in total. The number of nitro benzene ring substituents is 1. The average Bonchev–Trinajstić information content (AvgIpc) is 3.10. The SMILES string of the molecule is CC=CC(=O)N(NC(=O)c1cc([N+](=O)[O-])ccc1C)C1CC(=O)N(c2cccc(OC)c2)C1=O. The van der Waals surface area contributed by atoms with E-state index in [4.69, 9.17) is 4.74 Å². The first-order chi connectivity index (χ1) is 16.2. The van der Waals surface area contributed by atoms with E-state index in [2.05, 4.69) is 5.43 Å². The molecule has 0 radical (unpaired) electrons. The first-order valence-electron chi connectivity index (χ1n) is 10.2. The number of anilines is 1. The summed E-state index contributed by atoms with van der Waals surface area (Å²) < 4.78 is 5.14. The fourth-order valence-corrected chi connectivity index (χ4v) is 3.49. The quantitative estimate of drug-likeness (QED) is 0.298. The molecule has 2 aromatic rings. The summed E-state index contributed by atoms with van der Waals surface area (Å²) in [5, 5.41) is 11.9. The van der Waals surface area contributed by atoms with Crippen molar-refractivity contribution < 1.29 is 28.8 Å². The molecule has 2 aromatic carbocycles. The number of non-ortho nitro benzene ring substituents is 1. The predicted octanol–water partition coefficient (Wildman–Crippen LogP) is 2.29. The molecule has 11 heteroatoms. The smallest absolute Gasteiger partial charge is 0.270 e. The van der Waals surface area contributed by atoms with Gasteiger partial charge < -0.3 is 4.74 Å². The number of benzene rings is 2. The van der Waals surface area contributed by atoms with Crippen LogP contribution in [0.4, 0.5) is 11.4 Å². The van der Waals surface area contributed by atoms with E-state index in [0.29, 0.717) is 11.3 Å². The lowest BCUT2D eigenvalue weighted by Crippen LogP contribution is -2.54. The van der Waals surface area contributed by atoms with Gasteiger partial charge in [0, 0.05) is 24.3 Å². The molecule has 0 spiro atoms. The average molecular weight is 466 g/mol. The highest BCUT2D eigenvalue weighted by Crippen LogP contribution is 2.28. The number of hydrogen-bond acceptors (Lipinski definition) is 7. The molecule has 1 atom stereocenters. The number of carbonyl (C=O) groups is 4. The maximum absolute atomic E-state index is 13.2. The van der Waals surface area contributed by atoms with Gasteiger partial charge in [-0.1, -0.05) is 18.2 Å². The Labute approximate surface area is 194 Å². The zero-order valence-electron chi connectivity index (χ0n) is 18.7. The minimum Gasteiger partial charge on any atom is -0.497 e. The third kappa shape index (κ3) is 4.77.